The average molecular weight is 764 g/mol. The Morgan fingerprint density at radius 3 is 2.51 bits per heavy atom. The lowest BCUT2D eigenvalue weighted by Crippen LogP contribution is -2.40. The highest BCUT2D eigenvalue weighted by Crippen LogP contribution is 2.36. The van der Waals surface area contributed by atoms with Crippen molar-refractivity contribution in [2.45, 2.75) is 13.0 Å². The fraction of sp³-hybridized carbons (Fsp3) is 0.138. The van der Waals surface area contributed by atoms with Crippen LogP contribution in [0.1, 0.15) is 29.7 Å². The molecule has 0 bridgehead atoms. The van der Waals surface area contributed by atoms with Gasteiger partial charge in [-0.3, -0.25) is 9.36 Å². The van der Waals surface area contributed by atoms with Crippen LogP contribution in [0.5, 0.6) is 11.5 Å². The summed E-state index contributed by atoms with van der Waals surface area (Å²) >= 11 is 5.45. The molecule has 0 fully saturated rings. The van der Waals surface area contributed by atoms with Gasteiger partial charge < -0.3 is 14.6 Å². The number of aromatic hydroxyl groups is 1. The topological polar surface area (TPSA) is 90.1 Å². The number of phenolic OH excluding ortho intramolecular Hbond substituents is 1. The number of carbonyl (C=O) groups is 1. The van der Waals surface area contributed by atoms with Gasteiger partial charge in [0, 0.05) is 14.7 Å². The van der Waals surface area contributed by atoms with Crippen LogP contribution in [-0.2, 0) is 9.53 Å². The Morgan fingerprint density at radius 1 is 1.13 bits per heavy atom. The zero-order chi connectivity index (χ0) is 27.7. The molecule has 39 heavy (non-hydrogen) atoms. The summed E-state index contributed by atoms with van der Waals surface area (Å²) in [5.74, 6) is 0.214. The van der Waals surface area contributed by atoms with Gasteiger partial charge in [0.2, 0.25) is 0 Å². The van der Waals surface area contributed by atoms with Crippen molar-refractivity contribution in [1.82, 2.24) is 4.57 Å². The van der Waals surface area contributed by atoms with Gasteiger partial charge in [-0.05, 0) is 88.0 Å². The number of nitrogens with zero attached hydrogens (tertiary/aromatic N) is 2. The molecule has 3 aromatic carbocycles. The van der Waals surface area contributed by atoms with Crippen LogP contribution in [0.2, 0.25) is 0 Å². The van der Waals surface area contributed by atoms with Crippen LogP contribution in [-0.4, -0.2) is 29.4 Å². The van der Waals surface area contributed by atoms with Gasteiger partial charge in [-0.2, -0.15) is 0 Å². The zero-order valence-electron chi connectivity index (χ0n) is 20.9. The molecule has 4 aromatic rings. The van der Waals surface area contributed by atoms with E-state index in [-0.39, 0.29) is 23.5 Å². The van der Waals surface area contributed by atoms with Crippen molar-refractivity contribution in [3.05, 3.63) is 116 Å². The molecule has 198 valence electrons. The maximum Gasteiger partial charge on any atom is 0.338 e. The van der Waals surface area contributed by atoms with Gasteiger partial charge in [-0.1, -0.05) is 53.8 Å². The number of aromatic nitrogens is 1. The molecule has 0 saturated carbocycles. The lowest BCUT2D eigenvalue weighted by Gasteiger charge is -2.26. The van der Waals surface area contributed by atoms with Crippen molar-refractivity contribution in [1.29, 1.82) is 0 Å². The fourth-order valence-electron chi connectivity index (χ4n) is 4.38. The molecule has 0 unspecified atom stereocenters. The smallest absolute Gasteiger partial charge is 0.338 e. The van der Waals surface area contributed by atoms with Gasteiger partial charge in [0.15, 0.2) is 4.80 Å². The molecule has 7 nitrogen and oxygen atoms in total. The predicted octanol–water partition coefficient (Wildman–Crippen LogP) is 4.86. The van der Waals surface area contributed by atoms with Crippen molar-refractivity contribution < 1.29 is 19.4 Å². The molecule has 1 atom stereocenters. The SMILES string of the molecule is CCOC(=O)C1=C(c2ccccc2)N=c2s/c(=C\c3cc(I)cc(I)c3O)c(=O)n2[C@@H]1c1ccc(OC)cc1. The van der Waals surface area contributed by atoms with E-state index in [9.17, 15) is 14.7 Å². The zero-order valence-corrected chi connectivity index (χ0v) is 26.0. The number of thiazole rings is 1. The highest BCUT2D eigenvalue weighted by atomic mass is 127. The van der Waals surface area contributed by atoms with Crippen LogP contribution in [0, 0.1) is 7.14 Å². The van der Waals surface area contributed by atoms with Crippen LogP contribution in [0.3, 0.4) is 0 Å². The second kappa shape index (κ2) is 11.6. The molecule has 10 heteroatoms. The number of phenols is 1. The normalized spacial score (nSPS) is 15.1. The predicted molar refractivity (Wildman–Crippen MR) is 168 cm³/mol. The maximum atomic E-state index is 14.0. The molecular weight excluding hydrogens is 742 g/mol. The number of carbonyl (C=O) groups excluding carboxylic acids is 1. The number of rotatable bonds is 6. The van der Waals surface area contributed by atoms with Crippen LogP contribution in [0.4, 0.5) is 0 Å². The number of esters is 1. The largest absolute Gasteiger partial charge is 0.506 e. The first-order valence-electron chi connectivity index (χ1n) is 11.9. The Morgan fingerprint density at radius 2 is 1.85 bits per heavy atom. The fourth-order valence-corrected chi connectivity index (χ4v) is 7.26. The van der Waals surface area contributed by atoms with Crippen LogP contribution < -0.4 is 19.6 Å². The Hall–Kier alpha value is -2.97. The number of methoxy groups -OCH3 is 1. The maximum absolute atomic E-state index is 14.0. The first kappa shape index (κ1) is 27.6. The van der Waals surface area contributed by atoms with Gasteiger partial charge >= 0.3 is 5.97 Å². The monoisotopic (exact) mass is 764 g/mol. The molecular formula is C29H22I2N2O5S. The van der Waals surface area contributed by atoms with E-state index in [1.165, 1.54) is 15.9 Å². The Balaban J connectivity index is 1.84. The average Bonchev–Trinajstić information content (AvgIpc) is 3.25. The van der Waals surface area contributed by atoms with Gasteiger partial charge in [-0.15, -0.1) is 0 Å². The number of fused-ring (bicyclic) bond motifs is 1. The summed E-state index contributed by atoms with van der Waals surface area (Å²) in [6, 6.07) is 19.5. The molecule has 1 aromatic heterocycles. The minimum Gasteiger partial charge on any atom is -0.506 e. The molecule has 0 spiro atoms. The van der Waals surface area contributed by atoms with Gasteiger partial charge in [-0.25, -0.2) is 9.79 Å². The first-order chi connectivity index (χ1) is 18.8. The Kier molecular flexibility index (Phi) is 8.24. The van der Waals surface area contributed by atoms with Crippen molar-refractivity contribution in [3.63, 3.8) is 0 Å². The van der Waals surface area contributed by atoms with Crippen LogP contribution in [0.15, 0.2) is 82.1 Å². The summed E-state index contributed by atoms with van der Waals surface area (Å²) in [6.45, 7) is 1.92. The number of halogens is 2. The molecule has 0 aliphatic carbocycles. The summed E-state index contributed by atoms with van der Waals surface area (Å²) < 4.78 is 14.4. The third-order valence-electron chi connectivity index (χ3n) is 6.15. The van der Waals surface area contributed by atoms with E-state index in [2.05, 4.69) is 45.2 Å². The van der Waals surface area contributed by atoms with E-state index in [1.54, 1.807) is 32.2 Å². The minimum atomic E-state index is -0.784. The lowest BCUT2D eigenvalue weighted by atomic mass is 9.93. The Bertz CT molecular complexity index is 1780. The van der Waals surface area contributed by atoms with Gasteiger partial charge in [0.25, 0.3) is 5.56 Å². The standard InChI is InChI=1S/C29H22I2N2O5S/c1-3-38-28(36)23-24(16-7-5-4-6-8-16)32-29-33(25(23)17-9-11-20(37-2)12-10-17)27(35)22(39-29)14-18-13-19(30)15-21(31)26(18)34/h4-15,25,34H,3H2,1-2H3/b22-14-/t25-/m1/s1. The molecule has 2 heterocycles. The molecule has 0 radical (unpaired) electrons. The van der Waals surface area contributed by atoms with Gasteiger partial charge in [0.05, 0.1) is 39.1 Å². The molecule has 1 aliphatic heterocycles. The summed E-state index contributed by atoms with van der Waals surface area (Å²) in [4.78, 5) is 32.8. The van der Waals surface area contributed by atoms with Crippen molar-refractivity contribution in [2.24, 2.45) is 4.99 Å². The molecule has 1 aliphatic rings. The van der Waals surface area contributed by atoms with E-state index in [0.717, 1.165) is 9.13 Å². The summed E-state index contributed by atoms with van der Waals surface area (Å²) in [5, 5.41) is 10.7. The first-order valence-corrected chi connectivity index (χ1v) is 14.9. The van der Waals surface area contributed by atoms with Crippen molar-refractivity contribution >= 4 is 74.3 Å². The quantitative estimate of drug-likeness (QED) is 0.224. The second-order valence-corrected chi connectivity index (χ2v) is 11.9. The van der Waals surface area contributed by atoms with Crippen LogP contribution in [0.25, 0.3) is 11.8 Å². The number of hydrogen-bond donors (Lipinski definition) is 1. The number of hydrogen-bond acceptors (Lipinski definition) is 7. The van der Waals surface area contributed by atoms with E-state index >= 15 is 0 Å². The number of benzene rings is 3. The van der Waals surface area contributed by atoms with E-state index in [0.29, 0.717) is 35.5 Å². The van der Waals surface area contributed by atoms with Crippen molar-refractivity contribution in [3.8, 4) is 11.5 Å². The van der Waals surface area contributed by atoms with Crippen LogP contribution >= 0.6 is 56.5 Å². The third-order valence-corrected chi connectivity index (χ3v) is 8.58. The third kappa shape index (κ3) is 5.41. The second-order valence-electron chi connectivity index (χ2n) is 8.53. The lowest BCUT2D eigenvalue weighted by molar-refractivity contribution is -0.138. The highest BCUT2D eigenvalue weighted by Gasteiger charge is 2.35. The summed E-state index contributed by atoms with van der Waals surface area (Å²) in [5.41, 5.74) is 2.39. The molecule has 5 rings (SSSR count). The minimum absolute atomic E-state index is 0.103. The Labute approximate surface area is 255 Å². The highest BCUT2D eigenvalue weighted by molar-refractivity contribution is 14.1. The van der Waals surface area contributed by atoms with Crippen molar-refractivity contribution in [2.75, 3.05) is 13.7 Å². The van der Waals surface area contributed by atoms with E-state index < -0.39 is 12.0 Å². The van der Waals surface area contributed by atoms with Gasteiger partial charge in [0.1, 0.15) is 11.5 Å². The van der Waals surface area contributed by atoms with E-state index in [1.807, 2.05) is 54.6 Å². The number of ether oxygens (including phenoxy) is 2. The molecule has 0 amide bonds. The summed E-state index contributed by atoms with van der Waals surface area (Å²) in [6.07, 6.45) is 1.67. The molecule has 0 saturated heterocycles. The van der Waals surface area contributed by atoms with E-state index in [4.69, 9.17) is 14.5 Å². The summed E-state index contributed by atoms with van der Waals surface area (Å²) in [7, 11) is 1.58. The molecule has 1 N–H and O–H groups in total.